The normalized spacial score (nSPS) is 13.4. The lowest BCUT2D eigenvalue weighted by Crippen LogP contribution is -2.25. The van der Waals surface area contributed by atoms with E-state index < -0.39 is 15.8 Å². The lowest BCUT2D eigenvalue weighted by Gasteiger charge is -2.29. The van der Waals surface area contributed by atoms with E-state index in [9.17, 15) is 0 Å². The van der Waals surface area contributed by atoms with Crippen molar-refractivity contribution in [1.29, 1.82) is 0 Å². The van der Waals surface area contributed by atoms with Gasteiger partial charge in [-0.2, -0.15) is 0 Å². The Morgan fingerprint density at radius 3 is 0.886 bits per heavy atom. The Balaban J connectivity index is 1.43. The van der Waals surface area contributed by atoms with E-state index >= 15 is 0 Å². The maximum Gasteiger partial charge on any atom is -0.00758 e. The SMILES string of the molecule is c1ccc(P(c2ccccc2)c2ccccc2C2=C(c3ccccc3P(c3ccccc3)c3ccccc3)CCCC2)cc1. The minimum Gasteiger partial charge on any atom is -0.0622 e. The molecule has 1 aliphatic carbocycles. The molecule has 0 N–H and O–H groups in total. The van der Waals surface area contributed by atoms with Crippen LogP contribution >= 0.6 is 15.8 Å². The molecule has 0 unspecified atom stereocenters. The first-order chi connectivity index (χ1) is 21.9. The smallest absolute Gasteiger partial charge is 0.00758 e. The molecule has 214 valence electrons. The molecule has 44 heavy (non-hydrogen) atoms. The van der Waals surface area contributed by atoms with Crippen molar-refractivity contribution in [3.8, 4) is 0 Å². The van der Waals surface area contributed by atoms with Crippen LogP contribution in [0.2, 0.25) is 0 Å². The van der Waals surface area contributed by atoms with E-state index in [1.54, 1.807) is 0 Å². The third-order valence-electron chi connectivity index (χ3n) is 8.47. The zero-order valence-corrected chi connectivity index (χ0v) is 26.7. The molecule has 0 spiro atoms. The fourth-order valence-electron chi connectivity index (χ4n) is 6.51. The molecule has 0 saturated carbocycles. The topological polar surface area (TPSA) is 0 Å². The van der Waals surface area contributed by atoms with E-state index in [1.807, 2.05) is 0 Å². The van der Waals surface area contributed by atoms with E-state index in [0.29, 0.717) is 0 Å². The van der Waals surface area contributed by atoms with Gasteiger partial charge >= 0.3 is 0 Å². The molecule has 0 aliphatic heterocycles. The Labute approximate surface area is 264 Å². The maximum absolute atomic E-state index is 2.40. The van der Waals surface area contributed by atoms with Crippen molar-refractivity contribution in [3.05, 3.63) is 181 Å². The summed E-state index contributed by atoms with van der Waals surface area (Å²) in [6, 6.07) is 63.1. The monoisotopic (exact) mass is 602 g/mol. The fraction of sp³-hybridized carbons (Fsp3) is 0.0952. The average Bonchev–Trinajstić information content (AvgIpc) is 3.11. The molecule has 0 radical (unpaired) electrons. The van der Waals surface area contributed by atoms with E-state index in [1.165, 1.54) is 66.9 Å². The summed E-state index contributed by atoms with van der Waals surface area (Å²) in [5, 5.41) is 8.51. The van der Waals surface area contributed by atoms with E-state index in [-0.39, 0.29) is 0 Å². The summed E-state index contributed by atoms with van der Waals surface area (Å²) in [7, 11) is -1.40. The predicted molar refractivity (Wildman–Crippen MR) is 196 cm³/mol. The van der Waals surface area contributed by atoms with Gasteiger partial charge in [-0.05, 0) is 95.6 Å². The molecule has 0 fully saturated rings. The van der Waals surface area contributed by atoms with Crippen LogP contribution in [0.4, 0.5) is 0 Å². The number of hydrogen-bond donors (Lipinski definition) is 0. The summed E-state index contributed by atoms with van der Waals surface area (Å²) >= 11 is 0. The third-order valence-corrected chi connectivity index (χ3v) is 13.5. The molecular formula is C42H36P2. The second kappa shape index (κ2) is 13.7. The number of rotatable bonds is 8. The van der Waals surface area contributed by atoms with Gasteiger partial charge in [-0.1, -0.05) is 170 Å². The summed E-state index contributed by atoms with van der Waals surface area (Å²) < 4.78 is 0. The summed E-state index contributed by atoms with van der Waals surface area (Å²) in [6.07, 6.45) is 4.69. The minimum absolute atomic E-state index is 0.702. The Morgan fingerprint density at radius 1 is 0.295 bits per heavy atom. The van der Waals surface area contributed by atoms with Gasteiger partial charge in [0.1, 0.15) is 0 Å². The highest BCUT2D eigenvalue weighted by Crippen LogP contribution is 2.44. The zero-order chi connectivity index (χ0) is 29.6. The molecule has 6 aromatic rings. The molecule has 1 aliphatic rings. The van der Waals surface area contributed by atoms with Crippen molar-refractivity contribution in [2.75, 3.05) is 0 Å². The van der Waals surface area contributed by atoms with Gasteiger partial charge in [0.05, 0.1) is 0 Å². The van der Waals surface area contributed by atoms with Crippen molar-refractivity contribution in [2.24, 2.45) is 0 Å². The van der Waals surface area contributed by atoms with E-state index in [0.717, 1.165) is 12.8 Å². The molecule has 0 atom stereocenters. The summed E-state index contributed by atoms with van der Waals surface area (Å²) in [6.45, 7) is 0. The summed E-state index contributed by atoms with van der Waals surface area (Å²) in [5.41, 5.74) is 5.93. The minimum atomic E-state index is -0.702. The van der Waals surface area contributed by atoms with Gasteiger partial charge in [0.25, 0.3) is 0 Å². The Bertz CT molecular complexity index is 1630. The molecule has 2 heteroatoms. The Kier molecular flexibility index (Phi) is 8.93. The van der Waals surface area contributed by atoms with Crippen LogP contribution in [0.1, 0.15) is 36.8 Å². The van der Waals surface area contributed by atoms with Crippen LogP contribution < -0.4 is 31.8 Å². The molecule has 6 aromatic carbocycles. The first-order valence-electron chi connectivity index (χ1n) is 15.6. The Morgan fingerprint density at radius 2 is 0.568 bits per heavy atom. The Hall–Kier alpha value is -4.08. The van der Waals surface area contributed by atoms with Crippen molar-refractivity contribution >= 4 is 58.8 Å². The zero-order valence-electron chi connectivity index (χ0n) is 24.9. The lowest BCUT2D eigenvalue weighted by atomic mass is 9.84. The van der Waals surface area contributed by atoms with Crippen LogP contribution in [0.3, 0.4) is 0 Å². The average molecular weight is 603 g/mol. The molecule has 0 heterocycles. The molecule has 7 rings (SSSR count). The first kappa shape index (κ1) is 28.7. The highest BCUT2D eigenvalue weighted by molar-refractivity contribution is 7.80. The quantitative estimate of drug-likeness (QED) is 0.153. The first-order valence-corrected chi connectivity index (χ1v) is 18.3. The predicted octanol–water partition coefficient (Wildman–Crippen LogP) is 8.69. The van der Waals surface area contributed by atoms with Gasteiger partial charge in [0.2, 0.25) is 0 Å². The second-order valence-electron chi connectivity index (χ2n) is 11.2. The van der Waals surface area contributed by atoms with Gasteiger partial charge in [-0.3, -0.25) is 0 Å². The highest BCUT2D eigenvalue weighted by atomic mass is 31.1. The number of benzene rings is 6. The van der Waals surface area contributed by atoms with Crippen LogP contribution in [0.5, 0.6) is 0 Å². The molecule has 0 nitrogen and oxygen atoms in total. The van der Waals surface area contributed by atoms with Crippen LogP contribution in [0.15, 0.2) is 170 Å². The lowest BCUT2D eigenvalue weighted by molar-refractivity contribution is 0.754. The van der Waals surface area contributed by atoms with E-state index in [2.05, 4.69) is 170 Å². The van der Waals surface area contributed by atoms with Gasteiger partial charge in [-0.15, -0.1) is 0 Å². The van der Waals surface area contributed by atoms with Gasteiger partial charge in [0.15, 0.2) is 0 Å². The number of allylic oxidation sites excluding steroid dienone is 2. The van der Waals surface area contributed by atoms with Crippen LogP contribution in [-0.2, 0) is 0 Å². The number of hydrogen-bond acceptors (Lipinski definition) is 0. The molecular weight excluding hydrogens is 566 g/mol. The van der Waals surface area contributed by atoms with Gasteiger partial charge in [-0.25, -0.2) is 0 Å². The van der Waals surface area contributed by atoms with Gasteiger partial charge in [0, 0.05) is 0 Å². The van der Waals surface area contributed by atoms with Crippen molar-refractivity contribution in [2.45, 2.75) is 25.7 Å². The molecule has 0 amide bonds. The van der Waals surface area contributed by atoms with Crippen LogP contribution in [0.25, 0.3) is 11.1 Å². The van der Waals surface area contributed by atoms with Crippen molar-refractivity contribution in [3.63, 3.8) is 0 Å². The molecule has 0 aromatic heterocycles. The second-order valence-corrected chi connectivity index (χ2v) is 15.6. The standard InChI is InChI=1S/C42H36P2/c1-5-19-33(20-6-1)43(34-21-7-2-8-22-34)41-31-17-15-29-39(41)37-27-13-14-28-38(37)40-30-16-18-32-42(40)44(35-23-9-3-10-24-35)36-25-11-4-12-26-36/h1-12,15-26,29-32H,13-14,27-28H2. The summed E-state index contributed by atoms with van der Waals surface area (Å²) in [5.74, 6) is 0. The largest absolute Gasteiger partial charge is 0.0622 e. The van der Waals surface area contributed by atoms with Gasteiger partial charge < -0.3 is 0 Å². The van der Waals surface area contributed by atoms with Crippen molar-refractivity contribution in [1.82, 2.24) is 0 Å². The highest BCUT2D eigenvalue weighted by Gasteiger charge is 2.27. The maximum atomic E-state index is 2.40. The molecule has 0 bridgehead atoms. The summed E-state index contributed by atoms with van der Waals surface area (Å²) in [4.78, 5) is 0. The van der Waals surface area contributed by atoms with Crippen LogP contribution in [0, 0.1) is 0 Å². The van der Waals surface area contributed by atoms with Crippen LogP contribution in [-0.4, -0.2) is 0 Å². The van der Waals surface area contributed by atoms with Crippen molar-refractivity contribution < 1.29 is 0 Å². The third kappa shape index (κ3) is 5.99. The fourth-order valence-corrected chi connectivity index (χ4v) is 11.5. The van der Waals surface area contributed by atoms with E-state index in [4.69, 9.17) is 0 Å². The molecule has 0 saturated heterocycles.